The van der Waals surface area contributed by atoms with Gasteiger partial charge in [-0.05, 0) is 79.5 Å². The number of hydrogen-bond donors (Lipinski definition) is 1. The molecule has 2 fully saturated rings. The van der Waals surface area contributed by atoms with Crippen molar-refractivity contribution < 1.29 is 9.84 Å². The molecule has 1 unspecified atom stereocenters. The molecule has 1 spiro atoms. The lowest BCUT2D eigenvalue weighted by molar-refractivity contribution is -0.0958. The lowest BCUT2D eigenvalue weighted by Crippen LogP contribution is -2.50. The molecule has 2 heteroatoms. The van der Waals surface area contributed by atoms with E-state index in [1.54, 1.807) is 0 Å². The standard InChI is InChI=1S/C21H26O2/c1-20-10-7-17-16-6-4-15(22)13-14(16)3-5-18(17)19(20)8-11-21(20)9-2-12-23-21/h2,4,6,9,13,17-19,22H,3,5,7-8,10-12H2,1H3/t17-,18-,19+,20+,21?/m1/s1. The zero-order chi connectivity index (χ0) is 15.7. The van der Waals surface area contributed by atoms with Crippen LogP contribution in [-0.4, -0.2) is 17.3 Å². The number of phenols is 1. The van der Waals surface area contributed by atoms with Crippen molar-refractivity contribution in [3.8, 4) is 5.75 Å². The van der Waals surface area contributed by atoms with Crippen molar-refractivity contribution in [1.29, 1.82) is 0 Å². The second kappa shape index (κ2) is 4.63. The van der Waals surface area contributed by atoms with Crippen molar-refractivity contribution in [1.82, 2.24) is 0 Å². The van der Waals surface area contributed by atoms with Crippen molar-refractivity contribution in [2.75, 3.05) is 6.61 Å². The Hall–Kier alpha value is -1.28. The van der Waals surface area contributed by atoms with E-state index in [0.717, 1.165) is 24.9 Å². The second-order valence-corrected chi connectivity index (χ2v) is 8.40. The fourth-order valence-corrected chi connectivity index (χ4v) is 6.60. The molecular formula is C21H26O2. The average Bonchev–Trinajstić information content (AvgIpc) is 3.14. The summed E-state index contributed by atoms with van der Waals surface area (Å²) in [7, 11) is 0. The number of phenolic OH excluding ortho intramolecular Hbond substituents is 1. The Bertz CT molecular complexity index is 678. The van der Waals surface area contributed by atoms with Gasteiger partial charge in [-0.25, -0.2) is 0 Å². The number of rotatable bonds is 0. The van der Waals surface area contributed by atoms with Crippen molar-refractivity contribution in [3.63, 3.8) is 0 Å². The van der Waals surface area contributed by atoms with E-state index < -0.39 is 0 Å². The van der Waals surface area contributed by atoms with Crippen LogP contribution in [0.4, 0.5) is 0 Å². The molecule has 3 aliphatic carbocycles. The summed E-state index contributed by atoms with van der Waals surface area (Å²) in [6, 6.07) is 6.08. The molecule has 23 heavy (non-hydrogen) atoms. The van der Waals surface area contributed by atoms with E-state index in [1.165, 1.54) is 43.2 Å². The predicted octanol–water partition coefficient (Wildman–Crippen LogP) is 4.57. The van der Waals surface area contributed by atoms with Crippen LogP contribution in [0.15, 0.2) is 30.4 Å². The fraction of sp³-hybridized carbons (Fsp3) is 0.619. The van der Waals surface area contributed by atoms with Gasteiger partial charge in [-0.1, -0.05) is 25.1 Å². The molecule has 0 aromatic heterocycles. The summed E-state index contributed by atoms with van der Waals surface area (Å²) in [6.07, 6.45) is 12.1. The highest BCUT2D eigenvalue weighted by Crippen LogP contribution is 2.66. The smallest absolute Gasteiger partial charge is 0.115 e. The highest BCUT2D eigenvalue weighted by atomic mass is 16.5. The molecule has 1 aliphatic heterocycles. The van der Waals surface area contributed by atoms with Crippen LogP contribution in [0, 0.1) is 17.3 Å². The molecule has 1 aromatic carbocycles. The van der Waals surface area contributed by atoms with Crippen LogP contribution in [0.1, 0.15) is 56.1 Å². The Labute approximate surface area is 138 Å². The summed E-state index contributed by atoms with van der Waals surface area (Å²) >= 11 is 0. The summed E-state index contributed by atoms with van der Waals surface area (Å²) in [6.45, 7) is 3.31. The topological polar surface area (TPSA) is 29.5 Å². The molecule has 2 nitrogen and oxygen atoms in total. The van der Waals surface area contributed by atoms with Crippen molar-refractivity contribution >= 4 is 0 Å². The Morgan fingerprint density at radius 1 is 1.17 bits per heavy atom. The minimum atomic E-state index is 0.0257. The molecule has 5 rings (SSSR count). The minimum Gasteiger partial charge on any atom is -0.508 e. The first-order valence-electron chi connectivity index (χ1n) is 9.26. The largest absolute Gasteiger partial charge is 0.508 e. The maximum atomic E-state index is 9.79. The Balaban J connectivity index is 1.53. The van der Waals surface area contributed by atoms with Crippen LogP contribution in [-0.2, 0) is 11.2 Å². The lowest BCUT2D eigenvalue weighted by atomic mass is 9.53. The zero-order valence-corrected chi connectivity index (χ0v) is 13.9. The van der Waals surface area contributed by atoms with Gasteiger partial charge in [0.05, 0.1) is 12.2 Å². The van der Waals surface area contributed by atoms with Crippen LogP contribution in [0.3, 0.4) is 0 Å². The summed E-state index contributed by atoms with van der Waals surface area (Å²) in [5, 5.41) is 9.79. The number of ether oxygens (including phenoxy) is 1. The summed E-state index contributed by atoms with van der Waals surface area (Å²) in [4.78, 5) is 0. The lowest BCUT2D eigenvalue weighted by Gasteiger charge is -2.53. The second-order valence-electron chi connectivity index (χ2n) is 8.40. The Morgan fingerprint density at radius 2 is 2.09 bits per heavy atom. The number of fused-ring (bicyclic) bond motifs is 6. The quantitative estimate of drug-likeness (QED) is 0.711. The molecular weight excluding hydrogens is 284 g/mol. The third-order valence-electron chi connectivity index (χ3n) is 7.72. The van der Waals surface area contributed by atoms with Crippen LogP contribution in [0.2, 0.25) is 0 Å². The summed E-state index contributed by atoms with van der Waals surface area (Å²) in [5.41, 5.74) is 3.25. The molecule has 0 bridgehead atoms. The van der Waals surface area contributed by atoms with Gasteiger partial charge in [0.25, 0.3) is 0 Å². The first-order valence-corrected chi connectivity index (χ1v) is 9.26. The normalized spacial score (nSPS) is 44.1. The van der Waals surface area contributed by atoms with Gasteiger partial charge in [-0.15, -0.1) is 0 Å². The minimum absolute atomic E-state index is 0.0257. The maximum Gasteiger partial charge on any atom is 0.115 e. The van der Waals surface area contributed by atoms with Crippen LogP contribution in [0.25, 0.3) is 0 Å². The van der Waals surface area contributed by atoms with Gasteiger partial charge in [0.2, 0.25) is 0 Å². The van der Waals surface area contributed by atoms with E-state index in [4.69, 9.17) is 4.74 Å². The molecule has 0 amide bonds. The van der Waals surface area contributed by atoms with E-state index in [9.17, 15) is 5.11 Å². The van der Waals surface area contributed by atoms with E-state index in [2.05, 4.69) is 25.1 Å². The van der Waals surface area contributed by atoms with Gasteiger partial charge in [-0.2, -0.15) is 0 Å². The van der Waals surface area contributed by atoms with Gasteiger partial charge < -0.3 is 9.84 Å². The fourth-order valence-electron chi connectivity index (χ4n) is 6.60. The average molecular weight is 310 g/mol. The molecule has 4 aliphatic rings. The Kier molecular flexibility index (Phi) is 2.84. The molecule has 1 N–H and O–H groups in total. The van der Waals surface area contributed by atoms with Gasteiger partial charge in [0.15, 0.2) is 0 Å². The highest BCUT2D eigenvalue weighted by Gasteiger charge is 2.62. The molecule has 5 atom stereocenters. The number of hydrogen-bond acceptors (Lipinski definition) is 2. The van der Waals surface area contributed by atoms with Crippen molar-refractivity contribution in [2.24, 2.45) is 17.3 Å². The summed E-state index contributed by atoms with van der Waals surface area (Å²) < 4.78 is 6.29. The Morgan fingerprint density at radius 3 is 2.91 bits per heavy atom. The van der Waals surface area contributed by atoms with Crippen molar-refractivity contribution in [3.05, 3.63) is 41.5 Å². The van der Waals surface area contributed by atoms with Gasteiger partial charge in [0.1, 0.15) is 5.75 Å². The number of aromatic hydroxyl groups is 1. The molecule has 1 aromatic rings. The molecule has 2 saturated carbocycles. The monoisotopic (exact) mass is 310 g/mol. The van der Waals surface area contributed by atoms with E-state index in [1.807, 2.05) is 12.1 Å². The molecule has 0 radical (unpaired) electrons. The molecule has 1 heterocycles. The van der Waals surface area contributed by atoms with E-state index in [-0.39, 0.29) is 5.60 Å². The third-order valence-corrected chi connectivity index (χ3v) is 7.72. The van der Waals surface area contributed by atoms with Gasteiger partial charge in [-0.3, -0.25) is 0 Å². The van der Waals surface area contributed by atoms with Crippen LogP contribution < -0.4 is 0 Å². The molecule has 122 valence electrons. The first-order chi connectivity index (χ1) is 11.1. The third kappa shape index (κ3) is 1.73. The van der Waals surface area contributed by atoms with Gasteiger partial charge >= 0.3 is 0 Å². The SMILES string of the molecule is C[C@]12CC[C@@H]3c4ccc(O)cc4CC[C@H]3[C@@H]1CCC21C=CCO1. The summed E-state index contributed by atoms with van der Waals surface area (Å²) in [5.74, 6) is 2.69. The maximum absolute atomic E-state index is 9.79. The van der Waals surface area contributed by atoms with Crippen molar-refractivity contribution in [2.45, 2.75) is 57.0 Å². The number of benzene rings is 1. The predicted molar refractivity (Wildman–Crippen MR) is 90.5 cm³/mol. The first kappa shape index (κ1) is 14.1. The molecule has 0 saturated heterocycles. The van der Waals surface area contributed by atoms with Crippen LogP contribution in [0.5, 0.6) is 5.75 Å². The van der Waals surface area contributed by atoms with Crippen LogP contribution >= 0.6 is 0 Å². The van der Waals surface area contributed by atoms with Gasteiger partial charge in [0, 0.05) is 5.41 Å². The highest BCUT2D eigenvalue weighted by molar-refractivity contribution is 5.40. The van der Waals surface area contributed by atoms with E-state index in [0.29, 0.717) is 17.1 Å². The number of aryl methyl sites for hydroxylation is 1. The van der Waals surface area contributed by atoms with E-state index >= 15 is 0 Å². The zero-order valence-electron chi connectivity index (χ0n) is 13.9.